The Labute approximate surface area is 133 Å². The number of nitrogens with zero attached hydrogens (tertiary/aromatic N) is 2. The number of likely N-dealkylation sites (tertiary alicyclic amines) is 1. The second-order valence-electron chi connectivity index (χ2n) is 6.46. The smallest absolute Gasteiger partial charge is 0.315 e. The summed E-state index contributed by atoms with van der Waals surface area (Å²) in [6, 6.07) is 4.31. The lowest BCUT2D eigenvalue weighted by molar-refractivity contribution is 0.139. The van der Waals surface area contributed by atoms with Crippen molar-refractivity contribution < 1.29 is 4.79 Å². The molecule has 2 amide bonds. The number of hydrogen-bond acceptors (Lipinski definition) is 3. The standard InChI is InChI=1S/C17H28N4O/c1-13(2)21-9-5-6-15(12-21)10-19-17(22)20-14(3)16-7-4-8-18-11-16/h4,7-8,11,13-15H,5-6,9-10,12H2,1-3H3,(H2,19,20,22)/t14-,15+/m0/s1. The molecule has 1 aromatic rings. The summed E-state index contributed by atoms with van der Waals surface area (Å²) in [6.07, 6.45) is 5.94. The van der Waals surface area contributed by atoms with Gasteiger partial charge in [-0.15, -0.1) is 0 Å². The molecule has 5 nitrogen and oxygen atoms in total. The molecule has 0 aliphatic carbocycles. The van der Waals surface area contributed by atoms with Crippen LogP contribution in [-0.2, 0) is 0 Å². The molecule has 2 heterocycles. The summed E-state index contributed by atoms with van der Waals surface area (Å²) in [5, 5.41) is 5.98. The number of urea groups is 1. The van der Waals surface area contributed by atoms with Gasteiger partial charge in [-0.05, 0) is 57.7 Å². The molecule has 2 atom stereocenters. The van der Waals surface area contributed by atoms with E-state index in [-0.39, 0.29) is 12.1 Å². The van der Waals surface area contributed by atoms with Gasteiger partial charge in [-0.25, -0.2) is 4.79 Å². The van der Waals surface area contributed by atoms with E-state index in [2.05, 4.69) is 34.4 Å². The predicted molar refractivity (Wildman–Crippen MR) is 88.6 cm³/mol. The molecule has 5 heteroatoms. The van der Waals surface area contributed by atoms with E-state index in [1.165, 1.54) is 19.4 Å². The Morgan fingerprint density at radius 3 is 2.95 bits per heavy atom. The van der Waals surface area contributed by atoms with Crippen LogP contribution >= 0.6 is 0 Å². The maximum absolute atomic E-state index is 12.0. The molecule has 1 aliphatic heterocycles. The number of carbonyl (C=O) groups is 1. The number of carbonyl (C=O) groups excluding carboxylic acids is 1. The van der Waals surface area contributed by atoms with Crippen LogP contribution in [0.25, 0.3) is 0 Å². The van der Waals surface area contributed by atoms with Crippen LogP contribution in [0.15, 0.2) is 24.5 Å². The van der Waals surface area contributed by atoms with Crippen molar-refractivity contribution in [3.05, 3.63) is 30.1 Å². The molecule has 1 fully saturated rings. The number of pyridine rings is 1. The lowest BCUT2D eigenvalue weighted by Gasteiger charge is -2.35. The first-order valence-corrected chi connectivity index (χ1v) is 8.24. The number of hydrogen-bond donors (Lipinski definition) is 2. The van der Waals surface area contributed by atoms with Gasteiger partial charge in [0.25, 0.3) is 0 Å². The zero-order valence-electron chi connectivity index (χ0n) is 13.9. The summed E-state index contributed by atoms with van der Waals surface area (Å²) in [5.41, 5.74) is 1.02. The van der Waals surface area contributed by atoms with E-state index in [9.17, 15) is 4.79 Å². The molecular weight excluding hydrogens is 276 g/mol. The summed E-state index contributed by atoms with van der Waals surface area (Å²) < 4.78 is 0. The topological polar surface area (TPSA) is 57.3 Å². The lowest BCUT2D eigenvalue weighted by atomic mass is 9.97. The Hall–Kier alpha value is -1.62. The maximum atomic E-state index is 12.0. The zero-order valence-corrected chi connectivity index (χ0v) is 13.9. The van der Waals surface area contributed by atoms with Crippen LogP contribution in [0.3, 0.4) is 0 Å². The molecule has 1 aliphatic rings. The van der Waals surface area contributed by atoms with Gasteiger partial charge in [-0.3, -0.25) is 4.98 Å². The average molecular weight is 304 g/mol. The van der Waals surface area contributed by atoms with Gasteiger partial charge >= 0.3 is 6.03 Å². The second-order valence-corrected chi connectivity index (χ2v) is 6.46. The van der Waals surface area contributed by atoms with Crippen molar-refractivity contribution in [3.63, 3.8) is 0 Å². The SMILES string of the molecule is CC(C)N1CCC[C@H](CNC(=O)N[C@@H](C)c2cccnc2)C1. The van der Waals surface area contributed by atoms with Gasteiger partial charge in [0, 0.05) is 31.5 Å². The number of amides is 2. The van der Waals surface area contributed by atoms with Crippen LogP contribution in [0.2, 0.25) is 0 Å². The minimum Gasteiger partial charge on any atom is -0.338 e. The summed E-state index contributed by atoms with van der Waals surface area (Å²) in [6.45, 7) is 9.44. The molecule has 2 rings (SSSR count). The van der Waals surface area contributed by atoms with E-state index in [1.54, 1.807) is 12.4 Å². The third-order valence-electron chi connectivity index (χ3n) is 4.36. The fraction of sp³-hybridized carbons (Fsp3) is 0.647. The first-order chi connectivity index (χ1) is 10.6. The molecule has 122 valence electrons. The first kappa shape index (κ1) is 16.7. The molecule has 0 bridgehead atoms. The molecule has 1 aromatic heterocycles. The van der Waals surface area contributed by atoms with E-state index >= 15 is 0 Å². The largest absolute Gasteiger partial charge is 0.338 e. The fourth-order valence-electron chi connectivity index (χ4n) is 2.93. The van der Waals surface area contributed by atoms with Gasteiger partial charge in [0.15, 0.2) is 0 Å². The molecule has 1 saturated heterocycles. The van der Waals surface area contributed by atoms with Crippen molar-refractivity contribution in [3.8, 4) is 0 Å². The second kappa shape index (κ2) is 8.13. The highest BCUT2D eigenvalue weighted by molar-refractivity contribution is 5.74. The monoisotopic (exact) mass is 304 g/mol. The van der Waals surface area contributed by atoms with E-state index in [0.29, 0.717) is 12.0 Å². The summed E-state index contributed by atoms with van der Waals surface area (Å²) in [5.74, 6) is 0.551. The highest BCUT2D eigenvalue weighted by Crippen LogP contribution is 2.17. The van der Waals surface area contributed by atoms with Gasteiger partial charge in [-0.1, -0.05) is 6.07 Å². The Morgan fingerprint density at radius 1 is 1.45 bits per heavy atom. The van der Waals surface area contributed by atoms with E-state index in [0.717, 1.165) is 18.7 Å². The normalized spacial score (nSPS) is 20.6. The number of nitrogens with one attached hydrogen (secondary N) is 2. The maximum Gasteiger partial charge on any atom is 0.315 e. The third-order valence-corrected chi connectivity index (χ3v) is 4.36. The van der Waals surface area contributed by atoms with Crippen LogP contribution in [0.4, 0.5) is 4.79 Å². The van der Waals surface area contributed by atoms with E-state index < -0.39 is 0 Å². The van der Waals surface area contributed by atoms with Crippen molar-refractivity contribution in [1.29, 1.82) is 0 Å². The summed E-state index contributed by atoms with van der Waals surface area (Å²) in [7, 11) is 0. The van der Waals surface area contributed by atoms with E-state index in [1.807, 2.05) is 19.1 Å². The van der Waals surface area contributed by atoms with Crippen LogP contribution in [0.5, 0.6) is 0 Å². The Balaban J connectivity index is 1.73. The van der Waals surface area contributed by atoms with Crippen molar-refractivity contribution in [2.75, 3.05) is 19.6 Å². The number of aromatic nitrogens is 1. The predicted octanol–water partition coefficient (Wildman–Crippen LogP) is 2.56. The summed E-state index contributed by atoms with van der Waals surface area (Å²) in [4.78, 5) is 18.6. The molecule has 0 saturated carbocycles. The molecule has 0 radical (unpaired) electrons. The van der Waals surface area contributed by atoms with Gasteiger partial charge in [0.2, 0.25) is 0 Å². The molecule has 0 aromatic carbocycles. The molecule has 2 N–H and O–H groups in total. The molecular formula is C17H28N4O. The van der Waals surface area contributed by atoms with Crippen molar-refractivity contribution in [2.24, 2.45) is 5.92 Å². The van der Waals surface area contributed by atoms with E-state index in [4.69, 9.17) is 0 Å². The highest BCUT2D eigenvalue weighted by atomic mass is 16.2. The van der Waals surface area contributed by atoms with Crippen LogP contribution < -0.4 is 10.6 Å². The number of piperidine rings is 1. The first-order valence-electron chi connectivity index (χ1n) is 8.24. The van der Waals surface area contributed by atoms with Gasteiger partial charge < -0.3 is 15.5 Å². The van der Waals surface area contributed by atoms with Gasteiger partial charge in [-0.2, -0.15) is 0 Å². The minimum atomic E-state index is -0.0991. The Kier molecular flexibility index (Phi) is 6.19. The highest BCUT2D eigenvalue weighted by Gasteiger charge is 2.22. The molecule has 0 unspecified atom stereocenters. The number of rotatable bonds is 5. The van der Waals surface area contributed by atoms with Crippen molar-refractivity contribution >= 4 is 6.03 Å². The van der Waals surface area contributed by atoms with Crippen LogP contribution in [0.1, 0.15) is 45.2 Å². The molecule has 22 heavy (non-hydrogen) atoms. The van der Waals surface area contributed by atoms with Crippen LogP contribution in [-0.4, -0.2) is 41.6 Å². The fourth-order valence-corrected chi connectivity index (χ4v) is 2.93. The van der Waals surface area contributed by atoms with Gasteiger partial charge in [0.05, 0.1) is 6.04 Å². The van der Waals surface area contributed by atoms with Crippen LogP contribution in [0, 0.1) is 5.92 Å². The van der Waals surface area contributed by atoms with Gasteiger partial charge in [0.1, 0.15) is 0 Å². The quantitative estimate of drug-likeness (QED) is 0.879. The lowest BCUT2D eigenvalue weighted by Crippen LogP contribution is -2.45. The molecule has 0 spiro atoms. The Bertz CT molecular complexity index is 463. The average Bonchev–Trinajstić information content (AvgIpc) is 2.54. The zero-order chi connectivity index (χ0) is 15.9. The van der Waals surface area contributed by atoms with Crippen molar-refractivity contribution in [1.82, 2.24) is 20.5 Å². The van der Waals surface area contributed by atoms with Crippen molar-refractivity contribution in [2.45, 2.75) is 45.7 Å². The Morgan fingerprint density at radius 2 is 2.27 bits per heavy atom. The summed E-state index contributed by atoms with van der Waals surface area (Å²) >= 11 is 0. The third kappa shape index (κ3) is 4.98. The minimum absolute atomic E-state index is 0.0350.